The maximum absolute atomic E-state index is 10.9. The summed E-state index contributed by atoms with van der Waals surface area (Å²) in [6, 6.07) is 4.84. The predicted octanol–water partition coefficient (Wildman–Crippen LogP) is 2.78. The molecule has 90 valence electrons. The number of nitrogens with zero attached hydrogens (tertiary/aromatic N) is 1. The average Bonchev–Trinajstić information content (AvgIpc) is 2.33. The van der Waals surface area contributed by atoms with Gasteiger partial charge in [0.15, 0.2) is 5.75 Å². The van der Waals surface area contributed by atoms with Gasteiger partial charge in [-0.05, 0) is 18.2 Å². The first-order chi connectivity index (χ1) is 8.20. The largest absolute Gasteiger partial charge is 0.497 e. The molecule has 0 bridgehead atoms. The average molecular weight is 235 g/mol. The zero-order valence-corrected chi connectivity index (χ0v) is 9.46. The smallest absolute Gasteiger partial charge is 0.318 e. The van der Waals surface area contributed by atoms with E-state index in [1.807, 2.05) is 0 Å². The Balaban J connectivity index is 3.01. The molecule has 0 aliphatic carbocycles. The number of hydrogen-bond donors (Lipinski definition) is 0. The molecule has 1 aromatic rings. The number of rotatable bonds is 6. The summed E-state index contributed by atoms with van der Waals surface area (Å²) in [6.07, 6.45) is 4.50. The van der Waals surface area contributed by atoms with E-state index in [1.54, 1.807) is 24.3 Å². The fourth-order valence-corrected chi connectivity index (χ4v) is 1.28. The second-order valence-electron chi connectivity index (χ2n) is 3.08. The maximum Gasteiger partial charge on any atom is 0.318 e. The highest BCUT2D eigenvalue weighted by molar-refractivity contribution is 5.66. The van der Waals surface area contributed by atoms with Crippen molar-refractivity contribution in [1.29, 1.82) is 0 Å². The Morgan fingerprint density at radius 1 is 1.53 bits per heavy atom. The number of methoxy groups -OCH3 is 1. The van der Waals surface area contributed by atoms with Crippen molar-refractivity contribution >= 4 is 11.8 Å². The zero-order valence-electron chi connectivity index (χ0n) is 9.46. The minimum Gasteiger partial charge on any atom is -0.497 e. The molecule has 0 unspecified atom stereocenters. The van der Waals surface area contributed by atoms with Crippen LogP contribution in [0, 0.1) is 10.1 Å². The van der Waals surface area contributed by atoms with E-state index in [9.17, 15) is 10.1 Å². The molecule has 17 heavy (non-hydrogen) atoms. The molecule has 5 nitrogen and oxygen atoms in total. The van der Waals surface area contributed by atoms with E-state index >= 15 is 0 Å². The lowest BCUT2D eigenvalue weighted by molar-refractivity contribution is -0.386. The fourth-order valence-electron chi connectivity index (χ4n) is 1.28. The van der Waals surface area contributed by atoms with E-state index in [0.29, 0.717) is 12.2 Å². The van der Waals surface area contributed by atoms with Gasteiger partial charge in [0, 0.05) is 0 Å². The van der Waals surface area contributed by atoms with E-state index in [0.717, 1.165) is 0 Å². The third kappa shape index (κ3) is 3.34. The van der Waals surface area contributed by atoms with Crippen molar-refractivity contribution in [2.45, 2.75) is 0 Å². The molecule has 0 radical (unpaired) electrons. The highest BCUT2D eigenvalue weighted by Crippen LogP contribution is 2.31. The van der Waals surface area contributed by atoms with E-state index in [2.05, 4.69) is 6.58 Å². The SMILES string of the molecule is C=CCO/C=C/c1cccc(OC)c1[N+](=O)[O-]. The monoisotopic (exact) mass is 235 g/mol. The Hall–Kier alpha value is -2.30. The topological polar surface area (TPSA) is 61.6 Å². The minimum absolute atomic E-state index is 0.0755. The summed E-state index contributed by atoms with van der Waals surface area (Å²) in [5, 5.41) is 10.9. The van der Waals surface area contributed by atoms with Crippen LogP contribution < -0.4 is 4.74 Å². The summed E-state index contributed by atoms with van der Waals surface area (Å²) >= 11 is 0. The molecule has 5 heteroatoms. The highest BCUT2D eigenvalue weighted by atomic mass is 16.6. The molecule has 0 atom stereocenters. The van der Waals surface area contributed by atoms with E-state index in [4.69, 9.17) is 9.47 Å². The summed E-state index contributed by atoms with van der Waals surface area (Å²) in [6.45, 7) is 3.85. The highest BCUT2D eigenvalue weighted by Gasteiger charge is 2.18. The Morgan fingerprint density at radius 3 is 2.88 bits per heavy atom. The molecule has 0 spiro atoms. The minimum atomic E-state index is -0.480. The molecule has 1 aromatic carbocycles. The molecule has 0 amide bonds. The van der Waals surface area contributed by atoms with Gasteiger partial charge in [-0.15, -0.1) is 0 Å². The maximum atomic E-state index is 10.9. The van der Waals surface area contributed by atoms with Crippen LogP contribution >= 0.6 is 0 Å². The second-order valence-corrected chi connectivity index (χ2v) is 3.08. The predicted molar refractivity (Wildman–Crippen MR) is 64.8 cm³/mol. The molecular formula is C12H13NO4. The number of hydrogen-bond acceptors (Lipinski definition) is 4. The molecular weight excluding hydrogens is 222 g/mol. The number of nitro groups is 1. The van der Waals surface area contributed by atoms with Gasteiger partial charge in [-0.2, -0.15) is 0 Å². The first-order valence-corrected chi connectivity index (χ1v) is 4.91. The van der Waals surface area contributed by atoms with Crippen LogP contribution in [0.1, 0.15) is 5.56 Å². The quantitative estimate of drug-likeness (QED) is 0.250. The summed E-state index contributed by atoms with van der Waals surface area (Å²) in [4.78, 5) is 10.4. The van der Waals surface area contributed by atoms with E-state index in [1.165, 1.54) is 19.4 Å². The summed E-state index contributed by atoms with van der Waals surface area (Å²) < 4.78 is 9.98. The van der Waals surface area contributed by atoms with E-state index < -0.39 is 4.92 Å². The van der Waals surface area contributed by atoms with Crippen LogP contribution in [0.3, 0.4) is 0 Å². The van der Waals surface area contributed by atoms with Gasteiger partial charge in [0.25, 0.3) is 0 Å². The molecule has 0 fully saturated rings. The first-order valence-electron chi connectivity index (χ1n) is 4.91. The molecule has 0 saturated heterocycles. The van der Waals surface area contributed by atoms with Gasteiger partial charge >= 0.3 is 5.69 Å². The molecule has 0 saturated carbocycles. The standard InChI is InChI=1S/C12H13NO4/c1-3-8-17-9-7-10-5-4-6-11(16-2)12(10)13(14)15/h3-7,9H,1,8H2,2H3/b9-7+. The molecule has 1 rings (SSSR count). The number of ether oxygens (including phenoxy) is 2. The van der Waals surface area contributed by atoms with Crippen molar-refractivity contribution in [1.82, 2.24) is 0 Å². The Labute approximate surface area is 99.1 Å². The van der Waals surface area contributed by atoms with Crippen molar-refractivity contribution in [2.24, 2.45) is 0 Å². The Morgan fingerprint density at radius 2 is 2.29 bits per heavy atom. The summed E-state index contributed by atoms with van der Waals surface area (Å²) in [5.74, 6) is 0.223. The van der Waals surface area contributed by atoms with Crippen LogP contribution in [-0.2, 0) is 4.74 Å². The number of benzene rings is 1. The van der Waals surface area contributed by atoms with Crippen molar-refractivity contribution in [3.05, 3.63) is 52.8 Å². The van der Waals surface area contributed by atoms with Crippen LogP contribution in [-0.4, -0.2) is 18.6 Å². The Bertz CT molecular complexity index is 440. The molecule has 0 N–H and O–H groups in total. The van der Waals surface area contributed by atoms with Crippen molar-refractivity contribution < 1.29 is 14.4 Å². The van der Waals surface area contributed by atoms with Gasteiger partial charge in [0.05, 0.1) is 23.9 Å². The first kappa shape index (κ1) is 12.8. The number of para-hydroxylation sites is 1. The van der Waals surface area contributed by atoms with Gasteiger partial charge in [-0.1, -0.05) is 18.7 Å². The fraction of sp³-hybridized carbons (Fsp3) is 0.167. The van der Waals surface area contributed by atoms with Gasteiger partial charge in [-0.25, -0.2) is 0 Å². The van der Waals surface area contributed by atoms with Gasteiger partial charge in [-0.3, -0.25) is 10.1 Å². The summed E-state index contributed by atoms with van der Waals surface area (Å²) in [5.41, 5.74) is 0.354. The normalized spacial score (nSPS) is 10.2. The van der Waals surface area contributed by atoms with Gasteiger partial charge < -0.3 is 9.47 Å². The molecule has 0 aliphatic heterocycles. The second kappa shape index (κ2) is 6.32. The molecule has 0 heterocycles. The van der Waals surface area contributed by atoms with Crippen LogP contribution in [0.2, 0.25) is 0 Å². The zero-order chi connectivity index (χ0) is 12.7. The Kier molecular flexibility index (Phi) is 4.75. The molecule has 0 aromatic heterocycles. The number of nitro benzene ring substituents is 1. The van der Waals surface area contributed by atoms with Crippen molar-refractivity contribution in [3.8, 4) is 5.75 Å². The van der Waals surface area contributed by atoms with Gasteiger partial charge in [0.1, 0.15) is 6.61 Å². The third-order valence-corrected chi connectivity index (χ3v) is 1.99. The van der Waals surface area contributed by atoms with Crippen LogP contribution in [0.4, 0.5) is 5.69 Å². The molecule has 0 aliphatic rings. The summed E-state index contributed by atoms with van der Waals surface area (Å²) in [7, 11) is 1.39. The van der Waals surface area contributed by atoms with Crippen molar-refractivity contribution in [3.63, 3.8) is 0 Å². The lowest BCUT2D eigenvalue weighted by atomic mass is 10.1. The van der Waals surface area contributed by atoms with Crippen molar-refractivity contribution in [2.75, 3.05) is 13.7 Å². The van der Waals surface area contributed by atoms with Gasteiger partial charge in [0.2, 0.25) is 0 Å². The third-order valence-electron chi connectivity index (χ3n) is 1.99. The van der Waals surface area contributed by atoms with Crippen LogP contribution in [0.15, 0.2) is 37.1 Å². The van der Waals surface area contributed by atoms with E-state index in [-0.39, 0.29) is 11.4 Å². The van der Waals surface area contributed by atoms with Crippen LogP contribution in [0.5, 0.6) is 5.75 Å². The lowest BCUT2D eigenvalue weighted by Crippen LogP contribution is -1.96. The lowest BCUT2D eigenvalue weighted by Gasteiger charge is -2.03. The van der Waals surface area contributed by atoms with Crippen LogP contribution in [0.25, 0.3) is 6.08 Å².